The molecule has 0 saturated carbocycles. The van der Waals surface area contributed by atoms with Gasteiger partial charge in [0, 0.05) is 17.0 Å². The quantitative estimate of drug-likeness (QED) is 0.188. The molecule has 1 unspecified atom stereocenters. The van der Waals surface area contributed by atoms with E-state index in [1.54, 1.807) is 5.57 Å². The van der Waals surface area contributed by atoms with Crippen LogP contribution in [0.1, 0.15) is 61.8 Å². The van der Waals surface area contributed by atoms with Crippen LogP contribution in [0.2, 0.25) is 0 Å². The highest BCUT2D eigenvalue weighted by atomic mass is 14.7. The SMILES string of the molecule is CC1C2=C(C=CCC2)c2cc(-c3cccc4c3=c3ccc(-c5cc(-c6c#cccc6)cc(C6=CCCC=C6)n5)cc3=C3C=CC=CC=4C3)ccc21. The maximum Gasteiger partial charge on any atom is 0.0716 e. The van der Waals surface area contributed by atoms with Gasteiger partial charge in [0.25, 0.3) is 0 Å². The molecule has 4 aromatic carbocycles. The predicted octanol–water partition coefficient (Wildman–Crippen LogP) is 10.8. The molecule has 5 aliphatic carbocycles. The molecule has 10 rings (SSSR count). The molecule has 1 heteroatoms. The maximum atomic E-state index is 5.31. The van der Waals surface area contributed by atoms with Gasteiger partial charge in [0.2, 0.25) is 0 Å². The van der Waals surface area contributed by atoms with Crippen molar-refractivity contribution in [2.45, 2.75) is 44.9 Å². The van der Waals surface area contributed by atoms with E-state index in [0.717, 1.165) is 53.8 Å². The first-order chi connectivity index (χ1) is 25.2. The Balaban J connectivity index is 1.23. The minimum Gasteiger partial charge on any atom is -0.248 e. The zero-order chi connectivity index (χ0) is 33.9. The van der Waals surface area contributed by atoms with Gasteiger partial charge in [-0.2, -0.15) is 0 Å². The van der Waals surface area contributed by atoms with Gasteiger partial charge < -0.3 is 0 Å². The molecule has 5 aliphatic rings. The van der Waals surface area contributed by atoms with Gasteiger partial charge in [-0.1, -0.05) is 128 Å². The fraction of sp³-hybridized carbons (Fsp3) is 0.140. The summed E-state index contributed by atoms with van der Waals surface area (Å²) in [7, 11) is 0. The van der Waals surface area contributed by atoms with Gasteiger partial charge in [-0.05, 0) is 139 Å². The van der Waals surface area contributed by atoms with Crippen LogP contribution in [0.25, 0.3) is 55.8 Å². The van der Waals surface area contributed by atoms with Crippen molar-refractivity contribution in [1.29, 1.82) is 0 Å². The van der Waals surface area contributed by atoms with Crippen LogP contribution in [0.15, 0.2) is 145 Å². The van der Waals surface area contributed by atoms with Gasteiger partial charge in [-0.25, -0.2) is 4.98 Å². The topological polar surface area (TPSA) is 12.9 Å². The Morgan fingerprint density at radius 1 is 0.667 bits per heavy atom. The number of aromatic nitrogens is 1. The summed E-state index contributed by atoms with van der Waals surface area (Å²) in [5, 5.41) is 5.19. The molecule has 1 atom stereocenters. The molecule has 1 heterocycles. The third kappa shape index (κ3) is 5.06. The fourth-order valence-electron chi connectivity index (χ4n) is 8.80. The summed E-state index contributed by atoms with van der Waals surface area (Å²) in [4.78, 5) is 5.31. The van der Waals surface area contributed by atoms with Crippen LogP contribution in [0, 0.1) is 22.6 Å². The summed E-state index contributed by atoms with van der Waals surface area (Å²) < 4.78 is 0. The largest absolute Gasteiger partial charge is 0.248 e. The monoisotopic (exact) mass is 651 g/mol. The Morgan fingerprint density at radius 3 is 2.39 bits per heavy atom. The standard InChI is InChI=1S/C50H37N/c1-32-40-19-10-11-20-44(40)47-28-37(23-25-41(32)47)43-22-12-21-42-35-17-8-9-18-36(27-35)46-29-38(24-26-45(46)50(42)43)49-31-39(33-13-4-2-5-14-33)30-48(51-49)34-15-6-3-7-16-34/h2,4,6,8-9,11-13,15-18,20-26,28-32H,3,7,10,19,27H2,1H3. The second-order valence-corrected chi connectivity index (χ2v) is 14.3. The van der Waals surface area contributed by atoms with Gasteiger partial charge >= 0.3 is 0 Å². The summed E-state index contributed by atoms with van der Waals surface area (Å²) in [6.07, 6.45) is 25.8. The van der Waals surface area contributed by atoms with Crippen LogP contribution in [0.3, 0.4) is 0 Å². The van der Waals surface area contributed by atoms with Crippen molar-refractivity contribution in [2.75, 3.05) is 0 Å². The number of pyridine rings is 1. The van der Waals surface area contributed by atoms with E-state index in [0.29, 0.717) is 5.92 Å². The number of nitrogens with zero attached hydrogens (tertiary/aromatic N) is 1. The molecule has 1 nitrogen and oxygen atoms in total. The molecular weight excluding hydrogens is 615 g/mol. The maximum absolute atomic E-state index is 5.31. The number of rotatable bonds is 4. The van der Waals surface area contributed by atoms with Gasteiger partial charge in [-0.15, -0.1) is 0 Å². The lowest BCUT2D eigenvalue weighted by Crippen LogP contribution is -2.11. The Kier molecular flexibility index (Phi) is 7.10. The molecule has 0 amide bonds. The summed E-state index contributed by atoms with van der Waals surface area (Å²) >= 11 is 0. The molecular formula is C50H37N. The summed E-state index contributed by atoms with van der Waals surface area (Å²) in [6.45, 7) is 2.38. The number of allylic oxidation sites excluding steroid dienone is 12. The first-order valence-corrected chi connectivity index (χ1v) is 18.4. The lowest BCUT2D eigenvalue weighted by Gasteiger charge is -2.13. The second kappa shape index (κ2) is 12.1. The van der Waals surface area contributed by atoms with Crippen molar-refractivity contribution in [3.63, 3.8) is 0 Å². The van der Waals surface area contributed by atoms with Crippen LogP contribution in [-0.2, 0) is 0 Å². The zero-order valence-corrected chi connectivity index (χ0v) is 28.8. The molecule has 0 spiro atoms. The lowest BCUT2D eigenvalue weighted by molar-refractivity contribution is 0.824. The van der Waals surface area contributed by atoms with Gasteiger partial charge in [0.1, 0.15) is 0 Å². The Bertz CT molecular complexity index is 2710. The first-order valence-electron chi connectivity index (χ1n) is 18.4. The molecule has 0 saturated heterocycles. The summed E-state index contributed by atoms with van der Waals surface area (Å²) in [5.74, 6) is 0.490. The van der Waals surface area contributed by atoms with E-state index in [4.69, 9.17) is 4.98 Å². The average molecular weight is 652 g/mol. The molecule has 0 fully saturated rings. The van der Waals surface area contributed by atoms with Crippen molar-refractivity contribution in [3.8, 4) is 33.5 Å². The zero-order valence-electron chi connectivity index (χ0n) is 28.8. The van der Waals surface area contributed by atoms with Crippen LogP contribution in [0.5, 0.6) is 0 Å². The van der Waals surface area contributed by atoms with Crippen LogP contribution in [0.4, 0.5) is 0 Å². The molecule has 1 aromatic heterocycles. The van der Waals surface area contributed by atoms with Gasteiger partial charge in [0.05, 0.1) is 11.4 Å². The average Bonchev–Trinajstić information content (AvgIpc) is 3.34. The smallest absolute Gasteiger partial charge is 0.0716 e. The Labute approximate surface area is 299 Å². The number of hydrogen-bond acceptors (Lipinski definition) is 1. The van der Waals surface area contributed by atoms with E-state index in [1.165, 1.54) is 71.8 Å². The van der Waals surface area contributed by atoms with Crippen molar-refractivity contribution >= 4 is 22.3 Å². The summed E-state index contributed by atoms with van der Waals surface area (Å²) in [6, 6.07) is 38.1. The lowest BCUT2D eigenvalue weighted by atomic mass is 9.92. The first kappa shape index (κ1) is 29.9. The highest BCUT2D eigenvalue weighted by Gasteiger charge is 2.28. The van der Waals surface area contributed by atoms with E-state index in [1.807, 2.05) is 12.1 Å². The minimum absolute atomic E-state index is 0.490. The van der Waals surface area contributed by atoms with Crippen molar-refractivity contribution in [1.82, 2.24) is 4.98 Å². The van der Waals surface area contributed by atoms with E-state index in [2.05, 4.69) is 147 Å². The second-order valence-electron chi connectivity index (χ2n) is 14.3. The van der Waals surface area contributed by atoms with Crippen LogP contribution < -0.4 is 10.4 Å². The predicted molar refractivity (Wildman–Crippen MR) is 211 cm³/mol. The fourth-order valence-corrected chi connectivity index (χ4v) is 8.80. The van der Waals surface area contributed by atoms with Crippen molar-refractivity contribution in [3.05, 3.63) is 195 Å². The highest BCUT2D eigenvalue weighted by molar-refractivity contribution is 5.88. The van der Waals surface area contributed by atoms with Crippen LogP contribution in [-0.4, -0.2) is 4.98 Å². The van der Waals surface area contributed by atoms with E-state index >= 15 is 0 Å². The normalized spacial score (nSPS) is 18.0. The number of benzene rings is 3. The van der Waals surface area contributed by atoms with E-state index in [9.17, 15) is 0 Å². The van der Waals surface area contributed by atoms with Crippen molar-refractivity contribution in [2.24, 2.45) is 0 Å². The molecule has 2 bridgehead atoms. The number of hydrogen-bond donors (Lipinski definition) is 0. The third-order valence-corrected chi connectivity index (χ3v) is 11.4. The molecule has 0 N–H and O–H groups in total. The molecule has 0 aliphatic heterocycles. The van der Waals surface area contributed by atoms with Gasteiger partial charge in [-0.3, -0.25) is 0 Å². The van der Waals surface area contributed by atoms with Crippen LogP contribution >= 0.6 is 0 Å². The summed E-state index contributed by atoms with van der Waals surface area (Å²) in [5.41, 5.74) is 17.6. The Morgan fingerprint density at radius 2 is 1.53 bits per heavy atom. The van der Waals surface area contributed by atoms with Gasteiger partial charge in [0.15, 0.2) is 0 Å². The number of fused-ring (bicyclic) bond motifs is 6. The van der Waals surface area contributed by atoms with E-state index < -0.39 is 0 Å². The molecule has 0 radical (unpaired) electrons. The Hall–Kier alpha value is -5.97. The molecule has 242 valence electrons. The van der Waals surface area contributed by atoms with Crippen molar-refractivity contribution < 1.29 is 0 Å². The molecule has 5 aromatic rings. The third-order valence-electron chi connectivity index (χ3n) is 11.4. The minimum atomic E-state index is 0.490. The highest BCUT2D eigenvalue weighted by Crippen LogP contribution is 2.47. The molecule has 51 heavy (non-hydrogen) atoms. The van der Waals surface area contributed by atoms with E-state index in [-0.39, 0.29) is 0 Å².